The van der Waals surface area contributed by atoms with Gasteiger partial charge >= 0.3 is 48.0 Å². The van der Waals surface area contributed by atoms with Gasteiger partial charge in [-0.25, -0.2) is 33.6 Å². The topological polar surface area (TPSA) is 244 Å². The Morgan fingerprint density at radius 2 is 0.855 bits per heavy atom. The third-order valence-corrected chi connectivity index (χ3v) is 9.71. The second-order valence-electron chi connectivity index (χ2n) is 15.3. The van der Waals surface area contributed by atoms with Crippen LogP contribution in [0.2, 0.25) is 0 Å². The minimum Gasteiger partial charge on any atom is -0.462 e. The summed E-state index contributed by atoms with van der Waals surface area (Å²) in [6, 6.07) is 0. The monoisotopic (exact) mass is 878 g/mol. The number of hydrogen-bond acceptors (Lipinski definition) is 17. The minimum absolute atomic E-state index is 0.0318. The van der Waals surface area contributed by atoms with Gasteiger partial charge in [-0.15, -0.1) is 0 Å². The Kier molecular flexibility index (Phi) is 24.9. The summed E-state index contributed by atoms with van der Waals surface area (Å²) in [5.74, 6) is -4.54. The van der Waals surface area contributed by atoms with Crippen molar-refractivity contribution in [2.45, 2.75) is 52.9 Å². The summed E-state index contributed by atoms with van der Waals surface area (Å²) in [6.07, 6.45) is 6.68. The zero-order valence-corrected chi connectivity index (χ0v) is 36.0. The smallest absolute Gasteiger partial charge is 0.407 e. The van der Waals surface area contributed by atoms with Crippen LogP contribution in [0, 0.1) is 28.1 Å². The van der Waals surface area contributed by atoms with Crippen LogP contribution in [0.5, 0.6) is 0 Å². The number of hydrogen-bond donors (Lipinski definition) is 2. The molecule has 1 aliphatic rings. The lowest BCUT2D eigenvalue weighted by atomic mass is 9.81. The van der Waals surface area contributed by atoms with Gasteiger partial charge < -0.3 is 53.3 Å². The van der Waals surface area contributed by atoms with Crippen molar-refractivity contribution in [3.63, 3.8) is 0 Å². The first-order valence-corrected chi connectivity index (χ1v) is 19.9. The number of alkyl carbamates (subject to hydrolysis) is 2. The molecule has 1 aliphatic carbocycles. The molecule has 2 atom stereocenters. The van der Waals surface area contributed by atoms with Crippen molar-refractivity contribution >= 4 is 48.0 Å². The fourth-order valence-corrected chi connectivity index (χ4v) is 5.56. The van der Waals surface area contributed by atoms with Crippen molar-refractivity contribution in [2.75, 3.05) is 79.2 Å². The Labute approximate surface area is 362 Å². The maximum Gasteiger partial charge on any atom is 0.407 e. The zero-order valence-electron chi connectivity index (χ0n) is 36.0. The highest BCUT2D eigenvalue weighted by atomic mass is 16.6. The van der Waals surface area contributed by atoms with E-state index in [1.807, 2.05) is 6.92 Å². The number of carbonyl (C=O) groups is 8. The predicted molar refractivity (Wildman–Crippen MR) is 221 cm³/mol. The molecule has 346 valence electrons. The molecule has 0 radical (unpaired) electrons. The summed E-state index contributed by atoms with van der Waals surface area (Å²) in [4.78, 5) is 98.1. The molecule has 0 aromatic heterocycles. The predicted octanol–water partition coefficient (Wildman–Crippen LogP) is 3.86. The van der Waals surface area contributed by atoms with Gasteiger partial charge in [0.2, 0.25) is 0 Å². The molecule has 0 heterocycles. The molecule has 19 heteroatoms. The van der Waals surface area contributed by atoms with E-state index in [-0.39, 0.29) is 37.6 Å². The van der Waals surface area contributed by atoms with Crippen LogP contribution in [0.4, 0.5) is 9.59 Å². The number of amides is 2. The third-order valence-electron chi connectivity index (χ3n) is 9.71. The molecule has 0 aliphatic heterocycles. The number of ether oxygens (including phenoxy) is 9. The van der Waals surface area contributed by atoms with Gasteiger partial charge in [-0.3, -0.25) is 4.79 Å². The molecule has 62 heavy (non-hydrogen) atoms. The second kappa shape index (κ2) is 28.5. The Hall–Kier alpha value is -5.98. The Bertz CT molecular complexity index is 1500. The second-order valence-corrected chi connectivity index (χ2v) is 15.3. The van der Waals surface area contributed by atoms with Crippen LogP contribution in [0.1, 0.15) is 52.9 Å². The summed E-state index contributed by atoms with van der Waals surface area (Å²) < 4.78 is 48.3. The van der Waals surface area contributed by atoms with Gasteiger partial charge in [-0.2, -0.15) is 0 Å². The van der Waals surface area contributed by atoms with E-state index < -0.39 is 111 Å². The molecule has 0 aromatic carbocycles. The van der Waals surface area contributed by atoms with Crippen molar-refractivity contribution in [2.24, 2.45) is 28.1 Å². The van der Waals surface area contributed by atoms with E-state index in [9.17, 15) is 38.4 Å². The zero-order chi connectivity index (χ0) is 46.6. The molecule has 0 bridgehead atoms. The van der Waals surface area contributed by atoms with Gasteiger partial charge in [0.1, 0.15) is 52.9 Å². The van der Waals surface area contributed by atoms with Gasteiger partial charge in [0.25, 0.3) is 0 Å². The standard InChI is InChI=1S/C43H62N2O17/c1-9-33(46)57-25-42(26-58-34(47)10-2,27-59-35(48)11-3)23-54-24-43(28-60-36(49)12-4,29-61-37(50)13-5)30-62-40(53)45-22-32-17-15-16-31(20-32)21-44-39(52)56-19-18-55-38(51)41(7,8)14-6/h9-13,31-32H,1-5,14-30H2,6-8H3,(H,44,52)(H,45,53). The van der Waals surface area contributed by atoms with E-state index in [2.05, 4.69) is 43.5 Å². The van der Waals surface area contributed by atoms with Gasteiger partial charge in [0.15, 0.2) is 0 Å². The average Bonchev–Trinajstić information content (AvgIpc) is 3.28. The maximum atomic E-state index is 13.1. The summed E-state index contributed by atoms with van der Waals surface area (Å²) in [6.45, 7) is 18.5. The summed E-state index contributed by atoms with van der Waals surface area (Å²) in [5, 5.41) is 5.46. The molecule has 1 rings (SSSR count). The Morgan fingerprint density at radius 3 is 1.21 bits per heavy atom. The quantitative estimate of drug-likeness (QED) is 0.0450. The van der Waals surface area contributed by atoms with Gasteiger partial charge in [0.05, 0.1) is 29.5 Å². The van der Waals surface area contributed by atoms with Gasteiger partial charge in [-0.05, 0) is 51.4 Å². The largest absolute Gasteiger partial charge is 0.462 e. The summed E-state index contributed by atoms with van der Waals surface area (Å²) in [7, 11) is 0. The molecule has 19 nitrogen and oxygen atoms in total. The van der Waals surface area contributed by atoms with Crippen LogP contribution < -0.4 is 10.6 Å². The summed E-state index contributed by atoms with van der Waals surface area (Å²) in [5.41, 5.74) is -3.77. The van der Waals surface area contributed by atoms with E-state index in [1.165, 1.54) is 0 Å². The number of rotatable bonds is 30. The number of esters is 6. The fraction of sp³-hybridized carbons (Fsp3) is 0.581. The molecule has 2 unspecified atom stereocenters. The van der Waals surface area contributed by atoms with E-state index in [1.54, 1.807) is 13.8 Å². The summed E-state index contributed by atoms with van der Waals surface area (Å²) >= 11 is 0. The molecular formula is C43H62N2O17. The highest BCUT2D eigenvalue weighted by Crippen LogP contribution is 2.29. The third kappa shape index (κ3) is 21.5. The average molecular weight is 879 g/mol. The SMILES string of the molecule is C=CC(=O)OCC(COCC(COC(=O)C=C)(COC(=O)C=C)COC(=O)NCC1CCCC(CNC(=O)OCCOC(=O)C(C)(C)CC)C1)(COC(=O)C=C)COC(=O)C=C. The fourth-order valence-electron chi connectivity index (χ4n) is 5.56. The highest BCUT2D eigenvalue weighted by Gasteiger charge is 2.41. The molecule has 0 aromatic rings. The van der Waals surface area contributed by atoms with Crippen LogP contribution in [-0.4, -0.2) is 127 Å². The molecule has 2 N–H and O–H groups in total. The van der Waals surface area contributed by atoms with Gasteiger partial charge in [-0.1, -0.05) is 46.2 Å². The van der Waals surface area contributed by atoms with E-state index in [0.717, 1.165) is 49.6 Å². The Balaban J connectivity index is 3.07. The first-order chi connectivity index (χ1) is 29.4. The molecule has 2 amide bonds. The lowest BCUT2D eigenvalue weighted by molar-refractivity contribution is -0.167. The van der Waals surface area contributed by atoms with Crippen molar-refractivity contribution < 1.29 is 81.0 Å². The first kappa shape index (κ1) is 54.0. The van der Waals surface area contributed by atoms with Crippen LogP contribution in [0.15, 0.2) is 63.3 Å². The van der Waals surface area contributed by atoms with Crippen LogP contribution in [-0.2, 0) is 71.4 Å². The minimum atomic E-state index is -1.59. The molecular weight excluding hydrogens is 816 g/mol. The van der Waals surface area contributed by atoms with Crippen molar-refractivity contribution in [3.05, 3.63) is 63.3 Å². The molecule has 1 fully saturated rings. The lowest BCUT2D eigenvalue weighted by Gasteiger charge is -2.35. The van der Waals surface area contributed by atoms with E-state index in [4.69, 9.17) is 42.6 Å². The van der Waals surface area contributed by atoms with Crippen LogP contribution in [0.3, 0.4) is 0 Å². The Morgan fingerprint density at radius 1 is 0.516 bits per heavy atom. The number of carbonyl (C=O) groups excluding carboxylic acids is 8. The molecule has 0 spiro atoms. The van der Waals surface area contributed by atoms with Gasteiger partial charge in [0, 0.05) is 43.5 Å². The van der Waals surface area contributed by atoms with E-state index in [0.29, 0.717) is 19.4 Å². The van der Waals surface area contributed by atoms with Crippen molar-refractivity contribution in [3.8, 4) is 0 Å². The van der Waals surface area contributed by atoms with Crippen molar-refractivity contribution in [1.82, 2.24) is 10.6 Å². The maximum absolute atomic E-state index is 13.1. The van der Waals surface area contributed by atoms with Crippen LogP contribution >= 0.6 is 0 Å². The normalized spacial score (nSPS) is 14.9. The van der Waals surface area contributed by atoms with E-state index >= 15 is 0 Å². The first-order valence-electron chi connectivity index (χ1n) is 19.9. The highest BCUT2D eigenvalue weighted by molar-refractivity contribution is 5.83. The number of nitrogens with one attached hydrogen (secondary N) is 2. The lowest BCUT2D eigenvalue weighted by Crippen LogP contribution is -2.47. The molecule has 1 saturated carbocycles. The molecule has 0 saturated heterocycles. The van der Waals surface area contributed by atoms with Crippen molar-refractivity contribution in [1.29, 1.82) is 0 Å². The van der Waals surface area contributed by atoms with Crippen LogP contribution in [0.25, 0.3) is 0 Å².